The van der Waals surface area contributed by atoms with Crippen molar-refractivity contribution in [2.45, 2.75) is 295 Å². The minimum atomic E-state index is -2.17. The van der Waals surface area contributed by atoms with Crippen LogP contribution in [0, 0.1) is 46.3 Å². The summed E-state index contributed by atoms with van der Waals surface area (Å²) in [6.45, 7) is 5.93. The van der Waals surface area contributed by atoms with Gasteiger partial charge in [-0.2, -0.15) is 0 Å². The van der Waals surface area contributed by atoms with Crippen molar-refractivity contribution in [1.82, 2.24) is 0 Å². The molecule has 10 fully saturated rings. The van der Waals surface area contributed by atoms with Gasteiger partial charge in [0.25, 0.3) is 0 Å². The molecule has 33 heteroatoms. The van der Waals surface area contributed by atoms with Crippen LogP contribution in [0.25, 0.3) is 0 Å². The molecule has 41 atom stereocenters. The predicted molar refractivity (Wildman–Crippen MR) is 315 cm³/mol. The lowest BCUT2D eigenvalue weighted by atomic mass is 9.47. The smallest absolute Gasteiger partial charge is 0.187 e. The van der Waals surface area contributed by atoms with E-state index in [1.165, 1.54) is 6.92 Å². The Morgan fingerprint density at radius 2 is 0.948 bits per heavy atom. The molecule has 0 aromatic rings. The van der Waals surface area contributed by atoms with Crippen LogP contribution in [0.3, 0.4) is 0 Å². The number of aliphatic hydroxyl groups is 20. The maximum atomic E-state index is 12.6. The summed E-state index contributed by atoms with van der Waals surface area (Å²) in [5.74, 6) is -0.756. The molecule has 0 aromatic heterocycles. The van der Waals surface area contributed by atoms with Gasteiger partial charge in [-0.1, -0.05) is 39.3 Å². The second-order valence-corrected chi connectivity index (χ2v) is 29.4. The Bertz CT molecular complexity index is 2560. The van der Waals surface area contributed by atoms with Crippen molar-refractivity contribution in [3.05, 3.63) is 11.6 Å². The molecule has 96 heavy (non-hydrogen) atoms. The van der Waals surface area contributed by atoms with E-state index in [4.69, 9.17) is 61.6 Å². The van der Waals surface area contributed by atoms with Crippen molar-refractivity contribution in [3.8, 4) is 0 Å². The Kier molecular flexibility index (Phi) is 23.8. The van der Waals surface area contributed by atoms with Crippen molar-refractivity contribution in [2.75, 3.05) is 39.6 Å². The van der Waals surface area contributed by atoms with Crippen molar-refractivity contribution in [3.63, 3.8) is 0 Å². The highest BCUT2D eigenvalue weighted by Crippen LogP contribution is 2.70. The van der Waals surface area contributed by atoms with Crippen LogP contribution in [0.1, 0.15) is 92.4 Å². The predicted octanol–water partition coefficient (Wildman–Crippen LogP) is -7.36. The molecule has 20 N–H and O–H groups in total. The van der Waals surface area contributed by atoms with E-state index in [-0.39, 0.29) is 47.2 Å². The van der Waals surface area contributed by atoms with Crippen LogP contribution >= 0.6 is 0 Å². The van der Waals surface area contributed by atoms with E-state index in [1.54, 1.807) is 0 Å². The van der Waals surface area contributed by atoms with Gasteiger partial charge in [-0.25, -0.2) is 0 Å². The van der Waals surface area contributed by atoms with Gasteiger partial charge >= 0.3 is 0 Å². The molecular formula is C63H104O33. The molecule has 11 rings (SSSR count). The van der Waals surface area contributed by atoms with Gasteiger partial charge in [0.05, 0.1) is 58.0 Å². The summed E-state index contributed by atoms with van der Waals surface area (Å²) in [4.78, 5) is 0. The quantitative estimate of drug-likeness (QED) is 0.0475. The van der Waals surface area contributed by atoms with Crippen molar-refractivity contribution >= 4 is 0 Å². The fourth-order valence-corrected chi connectivity index (χ4v) is 17.9. The largest absolute Gasteiger partial charge is 0.394 e. The van der Waals surface area contributed by atoms with Gasteiger partial charge in [-0.05, 0) is 98.7 Å². The van der Waals surface area contributed by atoms with E-state index in [0.717, 1.165) is 31.3 Å². The van der Waals surface area contributed by atoms with Crippen LogP contribution in [0.4, 0.5) is 0 Å². The molecule has 7 heterocycles. The number of hydrogen-bond acceptors (Lipinski definition) is 33. The van der Waals surface area contributed by atoms with E-state index >= 15 is 0 Å². The molecule has 0 aromatic carbocycles. The number of aliphatic hydroxyl groups excluding tert-OH is 19. The Balaban J connectivity index is 0.762. The topological polar surface area (TPSA) is 525 Å². The van der Waals surface area contributed by atoms with E-state index in [2.05, 4.69) is 26.8 Å². The molecule has 11 aliphatic rings. The monoisotopic (exact) mass is 1390 g/mol. The average Bonchev–Trinajstić information content (AvgIpc) is 1.51. The molecule has 0 amide bonds. The summed E-state index contributed by atoms with van der Waals surface area (Å²) in [6, 6.07) is 0. The Morgan fingerprint density at radius 1 is 0.490 bits per heavy atom. The molecule has 33 nitrogen and oxygen atoms in total. The molecular weight excluding hydrogens is 1280 g/mol. The number of rotatable bonds is 21. The lowest BCUT2D eigenvalue weighted by Crippen LogP contribution is -2.68. The van der Waals surface area contributed by atoms with Crippen LogP contribution in [0.2, 0.25) is 0 Å². The minimum absolute atomic E-state index is 0.0826. The number of allylic oxidation sites excluding steroid dienone is 1. The molecule has 3 saturated carbocycles. The van der Waals surface area contributed by atoms with Crippen LogP contribution in [0.5, 0.6) is 0 Å². The second-order valence-electron chi connectivity index (χ2n) is 29.4. The summed E-state index contributed by atoms with van der Waals surface area (Å²) in [5.41, 5.74) is 0.769. The highest BCUT2D eigenvalue weighted by Gasteiger charge is 2.68. The van der Waals surface area contributed by atoms with Gasteiger partial charge in [-0.15, -0.1) is 0 Å². The third kappa shape index (κ3) is 13.9. The summed E-state index contributed by atoms with van der Waals surface area (Å²) >= 11 is 0. The zero-order chi connectivity index (χ0) is 69.5. The summed E-state index contributed by atoms with van der Waals surface area (Å²) in [6.07, 6.45) is -44.9. The Morgan fingerprint density at radius 3 is 1.55 bits per heavy atom. The maximum absolute atomic E-state index is 12.6. The second kappa shape index (κ2) is 30.2. The van der Waals surface area contributed by atoms with E-state index in [1.807, 2.05) is 6.92 Å². The third-order valence-electron chi connectivity index (χ3n) is 23.7. The summed E-state index contributed by atoms with van der Waals surface area (Å²) in [7, 11) is 0. The SMILES string of the molecule is CC(CCC1(O)O[C@H]2C[C@H]3[C@@H]4CC=C5C[C@@H](O[C@@H]6O[C@H](CO)[C@@H](O[C@@H]7O[C@H](CO)[C@@H](O)[C@H](O)[C@H]7O[C@@H]7O[C@H](CO)[C@@H](O[C@@H]8O[C@H](CO)[C@@H](O)[C@H](O)[C@H]8O)[C@H](O)[C@H]7O)[C@H](O)[C@H]6O[C@@H]6O[C@H](C)[C@@H](O)[C@H](O)[C@@H]6O)CC[C@]5(C)[C@H]4CC[C@]3(C)[C@H]2[C@@H]1C)CO[C@@H]1O[C@H](CO)[C@@H](O)[C@H](O)[C@H]1O. The molecule has 0 bridgehead atoms. The highest BCUT2D eigenvalue weighted by molar-refractivity contribution is 5.26. The normalized spacial score (nSPS) is 54.8. The molecule has 0 radical (unpaired) electrons. The number of hydrogen-bond donors (Lipinski definition) is 20. The van der Waals surface area contributed by atoms with Gasteiger partial charge in [0.1, 0.15) is 140 Å². The summed E-state index contributed by atoms with van der Waals surface area (Å²) in [5, 5.41) is 217. The van der Waals surface area contributed by atoms with Crippen LogP contribution in [0.15, 0.2) is 11.6 Å². The van der Waals surface area contributed by atoms with Gasteiger partial charge in [-0.3, -0.25) is 0 Å². The fraction of sp³-hybridized carbons (Fsp3) is 0.968. The lowest BCUT2D eigenvalue weighted by Gasteiger charge is -2.58. The van der Waals surface area contributed by atoms with E-state index in [0.29, 0.717) is 43.9 Å². The van der Waals surface area contributed by atoms with E-state index in [9.17, 15) is 102 Å². The first-order valence-corrected chi connectivity index (χ1v) is 34.0. The zero-order valence-corrected chi connectivity index (χ0v) is 54.4. The lowest BCUT2D eigenvalue weighted by molar-refractivity contribution is -0.405. The molecule has 7 saturated heterocycles. The van der Waals surface area contributed by atoms with Crippen molar-refractivity contribution < 1.29 is 164 Å². The Labute approximate surface area is 554 Å². The Hall–Kier alpha value is -1.58. The van der Waals surface area contributed by atoms with Gasteiger partial charge in [0.2, 0.25) is 0 Å². The standard InChI is InChI=1S/C63H104O33/c1-22(21-84-55-46(78)42(74)38(70)31(16-64)87-55)8-13-63(83)23(2)36-30(96-63)15-29-27-7-6-25-14-26(9-11-61(25,4)28(27)10-12-62(29,36)5)86-59-54(95-56-47(79)41(73)37(69)24(3)85-56)50(82)52(35(20-68)91-59)93-60-53(44(76)40(72)33(18-66)89-60)94-58-49(81)45(77)51(34(19-67)90-58)92-57-48(80)43(75)39(71)32(17-65)88-57/h6,22-24,26-60,64-83H,7-21H2,1-5H3/t22?,23-,24+,26-,27+,28-,29-,30-,31+,32+,33+,34+,35+,36-,37+,38+,39+,40+,41-,42-,43-,44-,45+,46+,47-,48+,49+,50-,51+,52+,53+,54+,55+,56-,57-,58-,59+,60-,61-,62-,63?/m0/s1. The fourth-order valence-electron chi connectivity index (χ4n) is 17.9. The molecule has 0 spiro atoms. The van der Waals surface area contributed by atoms with Crippen molar-refractivity contribution in [1.29, 1.82) is 0 Å². The third-order valence-corrected chi connectivity index (χ3v) is 23.7. The molecule has 554 valence electrons. The van der Waals surface area contributed by atoms with Crippen LogP contribution in [-0.2, 0) is 61.6 Å². The summed E-state index contributed by atoms with van der Waals surface area (Å²) < 4.78 is 78.4. The number of fused-ring (bicyclic) bond motifs is 7. The molecule has 2 unspecified atom stereocenters. The zero-order valence-electron chi connectivity index (χ0n) is 54.4. The number of ether oxygens (including phenoxy) is 13. The first-order chi connectivity index (χ1) is 45.5. The van der Waals surface area contributed by atoms with E-state index < -0.39 is 229 Å². The van der Waals surface area contributed by atoms with Crippen LogP contribution in [-0.4, -0.2) is 344 Å². The molecule has 4 aliphatic carbocycles. The van der Waals surface area contributed by atoms with Gasteiger partial charge < -0.3 is 164 Å². The minimum Gasteiger partial charge on any atom is -0.394 e. The molecule has 7 aliphatic heterocycles. The maximum Gasteiger partial charge on any atom is 0.187 e. The van der Waals surface area contributed by atoms with Gasteiger partial charge in [0, 0.05) is 12.3 Å². The average molecular weight is 1390 g/mol. The highest BCUT2D eigenvalue weighted by atomic mass is 16.8. The van der Waals surface area contributed by atoms with Gasteiger partial charge in [0.15, 0.2) is 43.5 Å². The first-order valence-electron chi connectivity index (χ1n) is 34.0. The van der Waals surface area contributed by atoms with Crippen molar-refractivity contribution in [2.24, 2.45) is 46.3 Å². The first kappa shape index (κ1) is 75.6. The van der Waals surface area contributed by atoms with Crippen LogP contribution < -0.4 is 0 Å².